The molecule has 7 aromatic rings. The number of benzene rings is 7. The van der Waals surface area contributed by atoms with Gasteiger partial charge >= 0.3 is 42.0 Å². The average Bonchev–Trinajstić information content (AvgIpc) is 1.55. The van der Waals surface area contributed by atoms with Crippen molar-refractivity contribution in [2.45, 2.75) is 304 Å². The Labute approximate surface area is 899 Å². The minimum atomic E-state index is -0.991. The van der Waals surface area contributed by atoms with Crippen molar-refractivity contribution >= 4 is 128 Å². The maximum Gasteiger partial charge on any atom is 0.513 e. The van der Waals surface area contributed by atoms with E-state index >= 15 is 0 Å². The lowest BCUT2D eigenvalue weighted by Crippen LogP contribution is -2.48. The number of carbonyl (C=O) groups is 8. The van der Waals surface area contributed by atoms with Crippen molar-refractivity contribution in [2.24, 2.45) is 11.3 Å². The highest BCUT2D eigenvalue weighted by Crippen LogP contribution is 2.56. The van der Waals surface area contributed by atoms with Gasteiger partial charge in [0.15, 0.2) is 56.8 Å². The van der Waals surface area contributed by atoms with Gasteiger partial charge < -0.3 is 92.1 Å². The van der Waals surface area contributed by atoms with Gasteiger partial charge in [0.2, 0.25) is 0 Å². The van der Waals surface area contributed by atoms with Gasteiger partial charge in [0.05, 0.1) is 71.3 Å². The van der Waals surface area contributed by atoms with Crippen molar-refractivity contribution in [2.75, 3.05) is 55.9 Å². The molecule has 27 nitrogen and oxygen atoms in total. The molecule has 5 saturated carbocycles. The SMILES string of the molecule is CCC(C)(C)C(=O)OC1=C(c2ccc(Cl)cc2Cl)C(=O)OC12CCCCC2.CCOC(=O)OC1=C(c2c(C)cc(C)cc2C)C(=O)NC12CCC(COC)CC2.COC1CCC2(CC1)OC(=O)C(c1c(C)cc(C)cc1C)=C2O.COc1cc(C)cc(C)c1C1=C(O)C2(CCC(OC)CC2)OC1=O.COc1cc(C)cc(Cl)c1C1=C(O)C2(CCC(OC)CC2)OC1=O.Cc1ccc(-c2ccc(Cl)cc2)cc1C1=C(O)C(C)(C)OC1=O. The largest absolute Gasteiger partial charge is 0.513 e. The summed E-state index contributed by atoms with van der Waals surface area (Å²) in [6, 6.07) is 33.7. The van der Waals surface area contributed by atoms with Crippen LogP contribution in [0.3, 0.4) is 0 Å². The third kappa shape index (κ3) is 24.2. The first-order valence-corrected chi connectivity index (χ1v) is 52.9. The minimum Gasteiger partial charge on any atom is -0.507 e. The van der Waals surface area contributed by atoms with E-state index in [2.05, 4.69) is 5.32 Å². The molecular formula is C119H141Cl4NO26. The summed E-state index contributed by atoms with van der Waals surface area (Å²) in [7, 11) is 9.83. The number of methoxy groups -OCH3 is 6. The molecule has 0 bridgehead atoms. The van der Waals surface area contributed by atoms with Crippen LogP contribution >= 0.6 is 46.4 Å². The van der Waals surface area contributed by atoms with E-state index in [0.717, 1.165) is 149 Å². The van der Waals surface area contributed by atoms with Crippen LogP contribution in [-0.4, -0.2) is 176 Å². The zero-order chi connectivity index (χ0) is 110. The molecule has 31 heteroatoms. The number of esters is 6. The van der Waals surface area contributed by atoms with Crippen molar-refractivity contribution in [3.63, 3.8) is 0 Å². The summed E-state index contributed by atoms with van der Waals surface area (Å²) in [4.78, 5) is 101. The molecule has 6 aliphatic heterocycles. The first kappa shape index (κ1) is 115. The van der Waals surface area contributed by atoms with Crippen LogP contribution in [0.2, 0.25) is 20.1 Å². The molecule has 0 saturated heterocycles. The Kier molecular flexibility index (Phi) is 36.7. The number of amides is 1. The fourth-order valence-electron chi connectivity index (χ4n) is 22.4. The molecule has 18 rings (SSSR count). The summed E-state index contributed by atoms with van der Waals surface area (Å²) in [6.45, 7) is 31.2. The summed E-state index contributed by atoms with van der Waals surface area (Å²) in [5.74, 6) is -0.765. The van der Waals surface area contributed by atoms with Gasteiger partial charge in [-0.2, -0.15) is 0 Å². The summed E-state index contributed by atoms with van der Waals surface area (Å²) in [6.07, 6.45) is 15.6. The summed E-state index contributed by atoms with van der Waals surface area (Å²) < 4.78 is 76.9. The number of aliphatic hydroxyl groups is 4. The molecular weight excluding hydrogens is 2000 g/mol. The average molecular weight is 2140 g/mol. The van der Waals surface area contributed by atoms with Crippen molar-refractivity contribution in [1.82, 2.24) is 5.32 Å². The zero-order valence-corrected chi connectivity index (χ0v) is 93.0. The van der Waals surface area contributed by atoms with Crippen LogP contribution in [0.5, 0.6) is 11.5 Å². The van der Waals surface area contributed by atoms with Crippen LogP contribution in [0.15, 0.2) is 144 Å². The minimum absolute atomic E-state index is 0.0288. The fourth-order valence-corrected chi connectivity index (χ4v) is 23.4. The van der Waals surface area contributed by atoms with Crippen LogP contribution in [-0.2, 0) is 90.4 Å². The molecule has 0 unspecified atom stereocenters. The second kappa shape index (κ2) is 47.7. The molecule has 5 aliphatic carbocycles. The fraction of sp³-hybridized carbons (Fsp3) is 0.479. The number of hydrogen-bond donors (Lipinski definition) is 5. The van der Waals surface area contributed by atoms with Gasteiger partial charge in [-0.1, -0.05) is 132 Å². The Morgan fingerprint density at radius 1 is 0.400 bits per heavy atom. The second-order valence-corrected chi connectivity index (χ2v) is 43.8. The molecule has 5 spiro atoms. The molecule has 7 aromatic carbocycles. The van der Waals surface area contributed by atoms with E-state index in [1.807, 2.05) is 169 Å². The highest BCUT2D eigenvalue weighted by Gasteiger charge is 2.58. The molecule has 11 aliphatic rings. The van der Waals surface area contributed by atoms with Crippen LogP contribution < -0.4 is 14.8 Å². The maximum atomic E-state index is 13.2. The molecule has 0 radical (unpaired) electrons. The van der Waals surface area contributed by atoms with Gasteiger partial charge in [0.25, 0.3) is 5.91 Å². The smallest absolute Gasteiger partial charge is 0.507 e. The molecule has 0 atom stereocenters. The zero-order valence-electron chi connectivity index (χ0n) is 90.0. The quantitative estimate of drug-likeness (QED) is 0.0371. The molecule has 5 fully saturated rings. The van der Waals surface area contributed by atoms with Crippen LogP contribution in [0.4, 0.5) is 4.79 Å². The molecule has 6 heterocycles. The molecule has 806 valence electrons. The van der Waals surface area contributed by atoms with Crippen molar-refractivity contribution in [1.29, 1.82) is 0 Å². The van der Waals surface area contributed by atoms with Gasteiger partial charge in [-0.25, -0.2) is 28.8 Å². The van der Waals surface area contributed by atoms with Crippen molar-refractivity contribution < 1.29 is 125 Å². The number of hydrogen-bond acceptors (Lipinski definition) is 26. The van der Waals surface area contributed by atoms with Crippen molar-refractivity contribution in [3.05, 3.63) is 253 Å². The predicted molar refractivity (Wildman–Crippen MR) is 576 cm³/mol. The Morgan fingerprint density at radius 3 is 1.25 bits per heavy atom. The number of cyclic esters (lactones) is 1. The number of rotatable bonds is 19. The van der Waals surface area contributed by atoms with Crippen LogP contribution in [0.25, 0.3) is 44.6 Å². The topological polar surface area (TPSA) is 359 Å². The molecule has 5 N–H and O–H groups in total. The van der Waals surface area contributed by atoms with E-state index in [1.165, 1.54) is 7.11 Å². The molecule has 0 aromatic heterocycles. The number of nitrogens with one attached hydrogen (secondary N) is 1. The van der Waals surface area contributed by atoms with Crippen LogP contribution in [0.1, 0.15) is 272 Å². The monoisotopic (exact) mass is 2140 g/mol. The van der Waals surface area contributed by atoms with E-state index in [4.69, 9.17) is 113 Å². The van der Waals surface area contributed by atoms with Gasteiger partial charge in [-0.15, -0.1) is 0 Å². The third-order valence-electron chi connectivity index (χ3n) is 30.9. The number of carbonyl (C=O) groups excluding carboxylic acids is 8. The van der Waals surface area contributed by atoms with Gasteiger partial charge in [-0.05, 0) is 365 Å². The Balaban J connectivity index is 0.000000150. The lowest BCUT2D eigenvalue weighted by molar-refractivity contribution is -0.160. The Morgan fingerprint density at radius 2 is 0.813 bits per heavy atom. The highest BCUT2D eigenvalue weighted by atomic mass is 35.5. The standard InChI is InChI=1S/C23H31NO5.C21H24Cl2O4.C19H17ClO3.C19H24O5.C19H24O4.C18H21ClO5/c1-6-28-22(26)29-20-19(18-15(3)11-14(2)12-16(18)4)21(25)24-23(20)9-7-17(8-10-23)13-27-5;1-4-20(2,3)19(25)26-17-16(14-9-8-13(22)12-15(14)23)18(24)27-21(17)10-6-5-7-11-21;1-11-4-5-13(12-6-8-14(20)9-7-12)10-15(11)16-17(21)19(2,3)23-18(16)22;1-11-9-12(2)15(14(10-11)23-4)16-17(20)19(24-18(16)21)7-5-13(22-3)6-8-19;1-11-9-12(2)15(13(3)10-11)16-17(20)19(23-18(16)21)7-5-14(22-4)6-8-19;1-10-8-12(19)14(13(9-10)23-3)15-16(20)18(24-17(15)21)6-4-11(22-2)5-7-18/h11-12,17H,6-10,13H2,1-5H3,(H,24,25);8-9,12H,4-7,10-11H2,1-3H3;4-10,21H,1-3H3;9-10,13,20H,5-8H2,1-4H3;9-10,14,20H,5-8H2,1-4H3;8-9,11,20H,4-7H2,1-3H3. The van der Waals surface area contributed by atoms with Gasteiger partial charge in [0, 0.05) is 56.2 Å². The summed E-state index contributed by atoms with van der Waals surface area (Å²) >= 11 is 24.6. The van der Waals surface area contributed by atoms with E-state index in [-0.39, 0.29) is 82.1 Å². The number of halogens is 4. The number of aryl methyl sites for hydroxylation is 10. The lowest BCUT2D eigenvalue weighted by Gasteiger charge is -2.38. The second-order valence-electron chi connectivity index (χ2n) is 42.1. The van der Waals surface area contributed by atoms with E-state index in [9.17, 15) is 58.8 Å². The Hall–Kier alpha value is -11.7. The van der Waals surface area contributed by atoms with E-state index < -0.39 is 75.0 Å². The third-order valence-corrected chi connectivity index (χ3v) is 32.0. The lowest BCUT2D eigenvalue weighted by atomic mass is 9.75. The van der Waals surface area contributed by atoms with Gasteiger partial charge in [0.1, 0.15) is 45.1 Å². The highest BCUT2D eigenvalue weighted by molar-refractivity contribution is 6.38. The molecule has 150 heavy (non-hydrogen) atoms. The predicted octanol–water partition coefficient (Wildman–Crippen LogP) is 26.1. The first-order valence-electron chi connectivity index (χ1n) is 51.4. The van der Waals surface area contributed by atoms with Crippen LogP contribution in [0, 0.1) is 80.6 Å². The normalized spacial score (nSPS) is 23.5. The Bertz CT molecular complexity index is 6380. The summed E-state index contributed by atoms with van der Waals surface area (Å²) in [5.41, 5.74) is 11.4. The van der Waals surface area contributed by atoms with E-state index in [0.29, 0.717) is 160 Å². The first-order chi connectivity index (χ1) is 71.0. The molecule has 1 amide bonds. The summed E-state index contributed by atoms with van der Waals surface area (Å²) in [5, 5.41) is 48.0. The van der Waals surface area contributed by atoms with Gasteiger partial charge in [-0.3, -0.25) is 9.59 Å². The number of aliphatic hydroxyl groups excluding tert-OH is 4. The van der Waals surface area contributed by atoms with E-state index in [1.54, 1.807) is 86.7 Å². The number of ether oxygens (including phenoxy) is 14. The maximum absolute atomic E-state index is 13.2. The van der Waals surface area contributed by atoms with Crippen molar-refractivity contribution in [3.8, 4) is 22.6 Å².